The highest BCUT2D eigenvalue weighted by atomic mass is 19.1. The molecule has 2 rings (SSSR count). The summed E-state index contributed by atoms with van der Waals surface area (Å²) in [5.74, 6) is -1.15. The zero-order chi connectivity index (χ0) is 42.5. The van der Waals surface area contributed by atoms with E-state index in [2.05, 4.69) is 0 Å². The van der Waals surface area contributed by atoms with Gasteiger partial charge in [-0.15, -0.1) is 0 Å². The number of nitrogens with two attached hydrogens (primary N) is 1. The van der Waals surface area contributed by atoms with E-state index >= 15 is 0 Å². The van der Waals surface area contributed by atoms with Gasteiger partial charge < -0.3 is 62.6 Å². The van der Waals surface area contributed by atoms with Crippen LogP contribution in [0.1, 0.15) is 78.9 Å². The number of rotatable bonds is 37. The van der Waals surface area contributed by atoms with Crippen LogP contribution in [-0.4, -0.2) is 151 Å². The Bertz CT molecular complexity index is 1370. The molecule has 58 heavy (non-hydrogen) atoms. The van der Waals surface area contributed by atoms with Gasteiger partial charge in [-0.1, -0.05) is 0 Å². The molecule has 0 saturated carbocycles. The summed E-state index contributed by atoms with van der Waals surface area (Å²) in [7, 11) is 1.41. The van der Waals surface area contributed by atoms with Crippen LogP contribution in [0.4, 0.5) is 4.39 Å². The van der Waals surface area contributed by atoms with Crippen molar-refractivity contribution in [2.45, 2.75) is 116 Å². The molecular formula is C38H66FN3O16. The Morgan fingerprint density at radius 2 is 1.31 bits per heavy atom. The molecule has 1 aromatic heterocycles. The molecule has 19 nitrogen and oxygen atoms in total. The number of aromatic nitrogens is 2. The summed E-state index contributed by atoms with van der Waals surface area (Å²) in [5.41, 5.74) is 4.08. The second kappa shape index (κ2) is 31.3. The predicted octanol–water partition coefficient (Wildman–Crippen LogP) is 1.97. The van der Waals surface area contributed by atoms with Crippen LogP contribution in [0, 0.1) is 5.82 Å². The number of H-pyrrole nitrogens is 1. The molecule has 1 aromatic rings. The molecule has 1 aliphatic rings. The first-order valence-electron chi connectivity index (χ1n) is 20.0. The average molecular weight is 840 g/mol. The molecule has 7 unspecified atom stereocenters. The number of nitrogens with one attached hydrogen (secondary N) is 1. The van der Waals surface area contributed by atoms with Crippen LogP contribution >= 0.6 is 0 Å². The standard InChI is InChI=1S/C38H66FN3O16/c1-6-48-15-20-52-27(2)53-22-17-50-14-8-10-33(44)32(40)12-11-30(43)9-7-13-49-16-21-54-28(3)55-23-18-51-19-24-56-29(4)57-34-25-35(58-37(34)47-5)42-26-31(39)36(45)41-38(42)46/h26-29,32,34-35,37H,6-25,40H2,1-5H3,(H,41,45,46). The Kier molecular flexibility index (Phi) is 27.9. The molecule has 0 bridgehead atoms. The fourth-order valence-electron chi connectivity index (χ4n) is 5.49. The van der Waals surface area contributed by atoms with E-state index in [0.29, 0.717) is 105 Å². The smallest absolute Gasteiger partial charge is 0.330 e. The van der Waals surface area contributed by atoms with Gasteiger partial charge in [0, 0.05) is 52.6 Å². The molecule has 1 aliphatic heterocycles. The summed E-state index contributed by atoms with van der Waals surface area (Å²) in [5, 5.41) is 0. The molecule has 1 saturated heterocycles. The summed E-state index contributed by atoms with van der Waals surface area (Å²) in [4.78, 5) is 49.9. The second-order valence-corrected chi connectivity index (χ2v) is 13.2. The van der Waals surface area contributed by atoms with Gasteiger partial charge in [0.15, 0.2) is 25.2 Å². The third-order valence-corrected chi connectivity index (χ3v) is 8.57. The lowest BCUT2D eigenvalue weighted by molar-refractivity contribution is -0.222. The topological polar surface area (TPSA) is 226 Å². The van der Waals surface area contributed by atoms with Crippen LogP contribution in [-0.2, 0) is 66.4 Å². The molecule has 0 aromatic carbocycles. The third-order valence-electron chi connectivity index (χ3n) is 8.57. The van der Waals surface area contributed by atoms with Gasteiger partial charge in [-0.25, -0.2) is 4.79 Å². The zero-order valence-corrected chi connectivity index (χ0v) is 34.7. The molecule has 1 fully saturated rings. The number of halogens is 1. The predicted molar refractivity (Wildman–Crippen MR) is 204 cm³/mol. The fraction of sp³-hybridized carbons (Fsp3) is 0.842. The highest BCUT2D eigenvalue weighted by Crippen LogP contribution is 2.31. The maximum absolute atomic E-state index is 13.7. The lowest BCUT2D eigenvalue weighted by atomic mass is 10.0. The van der Waals surface area contributed by atoms with Gasteiger partial charge >= 0.3 is 5.69 Å². The Hall–Kier alpha value is -2.57. The molecular weight excluding hydrogens is 773 g/mol. The maximum atomic E-state index is 13.7. The lowest BCUT2D eigenvalue weighted by Crippen LogP contribution is -2.33. The van der Waals surface area contributed by atoms with Crippen molar-refractivity contribution >= 4 is 11.6 Å². The third kappa shape index (κ3) is 22.7. The summed E-state index contributed by atoms with van der Waals surface area (Å²) in [6, 6.07) is -0.670. The summed E-state index contributed by atoms with van der Waals surface area (Å²) >= 11 is 0. The minimum absolute atomic E-state index is 0.0403. The van der Waals surface area contributed by atoms with Gasteiger partial charge in [0.2, 0.25) is 5.82 Å². The van der Waals surface area contributed by atoms with E-state index in [1.165, 1.54) is 7.11 Å². The Labute approximate surface area is 339 Å². The summed E-state index contributed by atoms with van der Waals surface area (Å²) in [6.45, 7) is 12.2. The van der Waals surface area contributed by atoms with Gasteiger partial charge in [-0.3, -0.25) is 23.9 Å². The molecule has 3 N–H and O–H groups in total. The molecule has 336 valence electrons. The van der Waals surface area contributed by atoms with Crippen LogP contribution in [0.3, 0.4) is 0 Å². The number of ketones is 2. The number of aromatic amines is 1. The summed E-state index contributed by atoms with van der Waals surface area (Å²) in [6.07, 6.45) is -0.584. The maximum Gasteiger partial charge on any atom is 0.330 e. The van der Waals surface area contributed by atoms with Crippen molar-refractivity contribution < 1.29 is 70.8 Å². The van der Waals surface area contributed by atoms with Gasteiger partial charge in [0.25, 0.3) is 5.56 Å². The van der Waals surface area contributed by atoms with Gasteiger partial charge in [0.1, 0.15) is 23.9 Å². The molecule has 2 heterocycles. The SMILES string of the molecule is CCOCCOC(C)OCCOCCCC(=O)C(N)CCC(=O)CCCOCCOC(C)OCCOCCOC(C)OC1CC(n2cc(F)c(=O)[nH]c2=O)OC1OC. The number of carbonyl (C=O) groups is 2. The van der Waals surface area contributed by atoms with E-state index in [9.17, 15) is 23.6 Å². The number of hydrogen-bond acceptors (Lipinski definition) is 17. The number of carbonyl (C=O) groups excluding carboxylic acids is 2. The van der Waals surface area contributed by atoms with Crippen molar-refractivity contribution in [2.75, 3.05) is 93.0 Å². The van der Waals surface area contributed by atoms with E-state index in [-0.39, 0.29) is 43.9 Å². The molecule has 0 radical (unpaired) electrons. The van der Waals surface area contributed by atoms with E-state index in [1.54, 1.807) is 13.8 Å². The summed E-state index contributed by atoms with van der Waals surface area (Å²) < 4.78 is 81.0. The Morgan fingerprint density at radius 1 is 0.793 bits per heavy atom. The van der Waals surface area contributed by atoms with E-state index < -0.39 is 54.3 Å². The van der Waals surface area contributed by atoms with E-state index in [0.717, 1.165) is 10.8 Å². The van der Waals surface area contributed by atoms with E-state index in [1.807, 2.05) is 18.8 Å². The van der Waals surface area contributed by atoms with Crippen molar-refractivity contribution in [1.29, 1.82) is 0 Å². The molecule has 0 amide bonds. The molecule has 20 heteroatoms. The molecule has 0 spiro atoms. The van der Waals surface area contributed by atoms with Crippen LogP contribution < -0.4 is 17.0 Å². The lowest BCUT2D eigenvalue weighted by Gasteiger charge is -2.22. The Morgan fingerprint density at radius 3 is 1.86 bits per heavy atom. The molecule has 0 aliphatic carbocycles. The van der Waals surface area contributed by atoms with Crippen molar-refractivity contribution in [2.24, 2.45) is 5.73 Å². The first kappa shape index (κ1) is 51.6. The number of hydrogen-bond donors (Lipinski definition) is 2. The number of methoxy groups -OCH3 is 1. The largest absolute Gasteiger partial charge is 0.379 e. The minimum atomic E-state index is -1.11. The first-order chi connectivity index (χ1) is 27.9. The number of nitrogens with zero attached hydrogens (tertiary/aromatic N) is 1. The highest BCUT2D eigenvalue weighted by Gasteiger charge is 2.39. The number of Topliss-reactive ketones (excluding diaryl/α,β-unsaturated/α-hetero) is 2. The van der Waals surface area contributed by atoms with Crippen molar-refractivity contribution in [3.05, 3.63) is 32.9 Å². The average Bonchev–Trinajstić information content (AvgIpc) is 3.60. The second-order valence-electron chi connectivity index (χ2n) is 13.2. The van der Waals surface area contributed by atoms with Crippen molar-refractivity contribution in [3.8, 4) is 0 Å². The van der Waals surface area contributed by atoms with Crippen LogP contribution in [0.25, 0.3) is 0 Å². The van der Waals surface area contributed by atoms with Crippen LogP contribution in [0.2, 0.25) is 0 Å². The normalized spacial score (nSPS) is 19.0. The first-order valence-corrected chi connectivity index (χ1v) is 20.0. The van der Waals surface area contributed by atoms with Gasteiger partial charge in [-0.2, -0.15) is 4.39 Å². The number of ether oxygens (including phenoxy) is 12. The van der Waals surface area contributed by atoms with Crippen molar-refractivity contribution in [1.82, 2.24) is 9.55 Å². The minimum Gasteiger partial charge on any atom is -0.379 e. The van der Waals surface area contributed by atoms with Crippen LogP contribution in [0.5, 0.6) is 0 Å². The van der Waals surface area contributed by atoms with Gasteiger partial charge in [-0.05, 0) is 47.0 Å². The molecule has 7 atom stereocenters. The van der Waals surface area contributed by atoms with E-state index in [4.69, 9.17) is 62.6 Å². The van der Waals surface area contributed by atoms with Crippen LogP contribution in [0.15, 0.2) is 15.8 Å². The Balaban J connectivity index is 1.38. The monoisotopic (exact) mass is 839 g/mol. The van der Waals surface area contributed by atoms with Gasteiger partial charge in [0.05, 0.1) is 78.3 Å². The van der Waals surface area contributed by atoms with Crippen molar-refractivity contribution in [3.63, 3.8) is 0 Å². The fourth-order valence-corrected chi connectivity index (χ4v) is 5.49. The highest BCUT2D eigenvalue weighted by molar-refractivity contribution is 5.85. The zero-order valence-electron chi connectivity index (χ0n) is 34.7. The quantitative estimate of drug-likeness (QED) is 0.0721.